The molecule has 1 N–H and O–H groups in total. The van der Waals surface area contributed by atoms with Gasteiger partial charge in [-0.15, -0.1) is 0 Å². The molecule has 1 fully saturated rings. The van der Waals surface area contributed by atoms with Crippen LogP contribution in [-0.2, 0) is 17.8 Å². The maximum Gasteiger partial charge on any atom is 0.290 e. The van der Waals surface area contributed by atoms with Crippen molar-refractivity contribution in [1.82, 2.24) is 19.8 Å². The van der Waals surface area contributed by atoms with Crippen molar-refractivity contribution in [2.75, 3.05) is 20.8 Å². The second-order valence-corrected chi connectivity index (χ2v) is 9.99. The summed E-state index contributed by atoms with van der Waals surface area (Å²) < 4.78 is 12.7. The number of rotatable bonds is 7. The van der Waals surface area contributed by atoms with Crippen LogP contribution < -0.4 is 14.8 Å². The van der Waals surface area contributed by atoms with Crippen LogP contribution in [0.3, 0.4) is 0 Å². The fourth-order valence-corrected chi connectivity index (χ4v) is 5.54. The topological polar surface area (TPSA) is 85.7 Å². The molecule has 1 aromatic heterocycles. The summed E-state index contributed by atoms with van der Waals surface area (Å²) in [6.07, 6.45) is 6.00. The van der Waals surface area contributed by atoms with Crippen LogP contribution in [0.2, 0.25) is 0 Å². The number of nitrogens with zero attached hydrogens (tertiary/aromatic N) is 3. The normalized spacial score (nSPS) is 20.3. The van der Waals surface area contributed by atoms with Gasteiger partial charge in [0.25, 0.3) is 5.91 Å². The van der Waals surface area contributed by atoms with Crippen molar-refractivity contribution in [2.24, 2.45) is 0 Å². The van der Waals surface area contributed by atoms with Gasteiger partial charge in [-0.05, 0) is 56.0 Å². The third-order valence-electron chi connectivity index (χ3n) is 7.65. The predicted molar refractivity (Wildman–Crippen MR) is 137 cm³/mol. The first-order valence-corrected chi connectivity index (χ1v) is 12.7. The first kappa shape index (κ1) is 24.2. The number of methoxy groups -OCH3 is 2. The van der Waals surface area contributed by atoms with Crippen molar-refractivity contribution in [3.63, 3.8) is 0 Å². The molecule has 1 aliphatic carbocycles. The first-order chi connectivity index (χ1) is 17.4. The average molecular weight is 491 g/mol. The zero-order chi connectivity index (χ0) is 25.3. The van der Waals surface area contributed by atoms with E-state index in [9.17, 15) is 9.59 Å². The lowest BCUT2D eigenvalue weighted by atomic mass is 9.91. The average Bonchev–Trinajstić information content (AvgIpc) is 3.27. The maximum absolute atomic E-state index is 13.9. The summed E-state index contributed by atoms with van der Waals surface area (Å²) in [5.74, 6) is 1.35. The Hall–Kier alpha value is -3.55. The maximum atomic E-state index is 13.9. The molecule has 2 aliphatic rings. The van der Waals surface area contributed by atoms with Gasteiger partial charge in [-0.25, -0.2) is 4.98 Å². The number of fused-ring (bicyclic) bond motifs is 3. The van der Waals surface area contributed by atoms with Gasteiger partial charge in [0.1, 0.15) is 5.54 Å². The zero-order valence-electron chi connectivity index (χ0n) is 21.3. The fourth-order valence-electron chi connectivity index (χ4n) is 5.54. The molecular weight excluding hydrogens is 456 g/mol. The van der Waals surface area contributed by atoms with E-state index in [0.717, 1.165) is 42.3 Å². The Morgan fingerprint density at radius 3 is 2.58 bits per heavy atom. The van der Waals surface area contributed by atoms with Crippen molar-refractivity contribution in [1.29, 1.82) is 0 Å². The molecular formula is C28H34N4O4. The lowest BCUT2D eigenvalue weighted by Crippen LogP contribution is -2.65. The number of hydrogen-bond acceptors (Lipinski definition) is 5. The van der Waals surface area contributed by atoms with Crippen LogP contribution in [0.1, 0.15) is 55.2 Å². The first-order valence-electron chi connectivity index (χ1n) is 12.7. The molecule has 36 heavy (non-hydrogen) atoms. The van der Waals surface area contributed by atoms with Gasteiger partial charge in [0, 0.05) is 12.6 Å². The second kappa shape index (κ2) is 9.84. The SMILES string of the molecule is COc1ccc(CCN2C(=O)c3nc4ccccc4n3C[C@@]2(C)C(=O)NC2CCCCC2)cc1OC. The summed E-state index contributed by atoms with van der Waals surface area (Å²) >= 11 is 0. The molecule has 8 nitrogen and oxygen atoms in total. The smallest absolute Gasteiger partial charge is 0.290 e. The van der Waals surface area contributed by atoms with Crippen molar-refractivity contribution < 1.29 is 19.1 Å². The van der Waals surface area contributed by atoms with Crippen LogP contribution in [0.15, 0.2) is 42.5 Å². The summed E-state index contributed by atoms with van der Waals surface area (Å²) in [4.78, 5) is 34.0. The molecule has 5 rings (SSSR count). The van der Waals surface area contributed by atoms with Crippen molar-refractivity contribution >= 4 is 22.8 Å². The molecule has 1 atom stereocenters. The van der Waals surface area contributed by atoms with Crippen LogP contribution in [0.4, 0.5) is 0 Å². The number of amides is 2. The minimum atomic E-state index is -1.04. The molecule has 0 unspecified atom stereocenters. The molecule has 0 bridgehead atoms. The number of ether oxygens (including phenoxy) is 2. The number of para-hydroxylation sites is 2. The summed E-state index contributed by atoms with van der Waals surface area (Å²) in [5, 5.41) is 3.28. The third kappa shape index (κ3) is 4.29. The molecule has 2 amide bonds. The standard InChI is InChI=1S/C28H34N4O4/c1-28(27(34)29-20-9-5-4-6-10-20)18-31-22-12-8-7-11-21(22)30-25(31)26(33)32(28)16-15-19-13-14-23(35-2)24(17-19)36-3/h7-8,11-14,17,20H,4-6,9-10,15-16,18H2,1-3H3,(H,29,34)/t28-/m0/s1. The Morgan fingerprint density at radius 2 is 1.83 bits per heavy atom. The number of imidazole rings is 1. The van der Waals surface area contributed by atoms with Crippen LogP contribution >= 0.6 is 0 Å². The lowest BCUT2D eigenvalue weighted by molar-refractivity contribution is -0.133. The summed E-state index contributed by atoms with van der Waals surface area (Å²) in [6, 6.07) is 13.6. The van der Waals surface area contributed by atoms with Crippen LogP contribution in [0.5, 0.6) is 11.5 Å². The Labute approximate surface area is 211 Å². The van der Waals surface area contributed by atoms with Crippen LogP contribution in [-0.4, -0.2) is 58.6 Å². The highest BCUT2D eigenvalue weighted by atomic mass is 16.5. The van der Waals surface area contributed by atoms with Gasteiger partial charge in [-0.3, -0.25) is 9.59 Å². The quantitative estimate of drug-likeness (QED) is 0.542. The largest absolute Gasteiger partial charge is 0.493 e. The molecule has 190 valence electrons. The minimum absolute atomic E-state index is 0.0986. The van der Waals surface area contributed by atoms with E-state index in [0.29, 0.717) is 36.8 Å². The number of nitrogens with one attached hydrogen (secondary N) is 1. The molecule has 2 heterocycles. The molecule has 3 aromatic rings. The van der Waals surface area contributed by atoms with E-state index in [2.05, 4.69) is 10.3 Å². The molecule has 8 heteroatoms. The number of hydrogen-bond donors (Lipinski definition) is 1. The predicted octanol–water partition coefficient (Wildman–Crippen LogP) is 3.96. The van der Waals surface area contributed by atoms with Crippen LogP contribution in [0, 0.1) is 0 Å². The summed E-state index contributed by atoms with van der Waals surface area (Å²) in [7, 11) is 3.21. The number of carbonyl (C=O) groups is 2. The highest BCUT2D eigenvalue weighted by molar-refractivity contribution is 6.01. The highest BCUT2D eigenvalue weighted by Gasteiger charge is 2.48. The van der Waals surface area contributed by atoms with E-state index in [1.807, 2.05) is 54.0 Å². The van der Waals surface area contributed by atoms with E-state index in [4.69, 9.17) is 9.47 Å². The van der Waals surface area contributed by atoms with E-state index in [-0.39, 0.29) is 17.9 Å². The van der Waals surface area contributed by atoms with E-state index in [1.54, 1.807) is 19.1 Å². The molecule has 1 saturated carbocycles. The van der Waals surface area contributed by atoms with E-state index >= 15 is 0 Å². The monoisotopic (exact) mass is 490 g/mol. The van der Waals surface area contributed by atoms with Gasteiger partial charge in [0.05, 0.1) is 31.8 Å². The second-order valence-electron chi connectivity index (χ2n) is 9.99. The van der Waals surface area contributed by atoms with E-state index < -0.39 is 5.54 Å². The molecule has 0 radical (unpaired) electrons. The third-order valence-corrected chi connectivity index (χ3v) is 7.65. The number of aromatic nitrogens is 2. The van der Waals surface area contributed by atoms with E-state index in [1.165, 1.54) is 6.42 Å². The van der Waals surface area contributed by atoms with Crippen molar-refractivity contribution in [3.8, 4) is 11.5 Å². The summed E-state index contributed by atoms with van der Waals surface area (Å²) in [6.45, 7) is 2.63. The Balaban J connectivity index is 1.47. The molecule has 0 spiro atoms. The van der Waals surface area contributed by atoms with Crippen LogP contribution in [0.25, 0.3) is 11.0 Å². The minimum Gasteiger partial charge on any atom is -0.493 e. The van der Waals surface area contributed by atoms with Gasteiger partial charge in [-0.1, -0.05) is 37.5 Å². The summed E-state index contributed by atoms with van der Waals surface area (Å²) in [5.41, 5.74) is 1.59. The van der Waals surface area contributed by atoms with Gasteiger partial charge >= 0.3 is 0 Å². The van der Waals surface area contributed by atoms with Crippen molar-refractivity contribution in [3.05, 3.63) is 53.9 Å². The molecule has 1 aliphatic heterocycles. The zero-order valence-corrected chi connectivity index (χ0v) is 21.3. The van der Waals surface area contributed by atoms with Crippen molar-refractivity contribution in [2.45, 2.75) is 63.6 Å². The Kier molecular flexibility index (Phi) is 6.60. The molecule has 0 saturated heterocycles. The Bertz CT molecular complexity index is 1280. The fraction of sp³-hybridized carbons (Fsp3) is 0.464. The van der Waals surface area contributed by atoms with Gasteiger partial charge < -0.3 is 24.3 Å². The lowest BCUT2D eigenvalue weighted by Gasteiger charge is -2.44. The van der Waals surface area contributed by atoms with Gasteiger partial charge in [-0.2, -0.15) is 0 Å². The molecule has 2 aromatic carbocycles. The van der Waals surface area contributed by atoms with Gasteiger partial charge in [0.2, 0.25) is 5.91 Å². The Morgan fingerprint density at radius 1 is 1.08 bits per heavy atom. The highest BCUT2D eigenvalue weighted by Crippen LogP contribution is 2.32. The number of benzene rings is 2. The van der Waals surface area contributed by atoms with Gasteiger partial charge in [0.15, 0.2) is 17.3 Å². The number of carbonyl (C=O) groups excluding carboxylic acids is 2.